The van der Waals surface area contributed by atoms with Gasteiger partial charge >= 0.3 is 0 Å². The monoisotopic (exact) mass is 174 g/mol. The third-order valence-corrected chi connectivity index (χ3v) is 2.21. The highest BCUT2D eigenvalue weighted by atomic mass is 16.2. The first-order chi connectivity index (χ1) is 6.29. The SMILES string of the molecule is CN1C(=O)C=CC1c1cccnc1. The minimum Gasteiger partial charge on any atom is -0.332 e. The van der Waals surface area contributed by atoms with Crippen LogP contribution in [0.4, 0.5) is 0 Å². The topological polar surface area (TPSA) is 33.2 Å². The second kappa shape index (κ2) is 3.01. The van der Waals surface area contributed by atoms with E-state index in [0.717, 1.165) is 5.56 Å². The molecule has 1 unspecified atom stereocenters. The molecule has 0 spiro atoms. The van der Waals surface area contributed by atoms with Gasteiger partial charge in [-0.3, -0.25) is 9.78 Å². The smallest absolute Gasteiger partial charge is 0.246 e. The van der Waals surface area contributed by atoms with E-state index in [2.05, 4.69) is 4.98 Å². The number of carbonyl (C=O) groups is 1. The summed E-state index contributed by atoms with van der Waals surface area (Å²) >= 11 is 0. The minimum absolute atomic E-state index is 0.0499. The number of amides is 1. The maximum absolute atomic E-state index is 11.2. The van der Waals surface area contributed by atoms with E-state index in [1.54, 1.807) is 30.4 Å². The van der Waals surface area contributed by atoms with E-state index < -0.39 is 0 Å². The lowest BCUT2D eigenvalue weighted by molar-refractivity contribution is -0.124. The third kappa shape index (κ3) is 1.33. The summed E-state index contributed by atoms with van der Waals surface area (Å²) < 4.78 is 0. The summed E-state index contributed by atoms with van der Waals surface area (Å²) in [6, 6.07) is 3.90. The molecule has 1 aliphatic rings. The number of nitrogens with zero attached hydrogens (tertiary/aromatic N) is 2. The second-order valence-corrected chi connectivity index (χ2v) is 3.04. The predicted octanol–water partition coefficient (Wildman–Crippen LogP) is 1.15. The average molecular weight is 174 g/mol. The van der Waals surface area contributed by atoms with Crippen molar-refractivity contribution in [3.8, 4) is 0 Å². The summed E-state index contributed by atoms with van der Waals surface area (Å²) in [5.74, 6) is 0.0499. The Morgan fingerprint density at radius 3 is 2.92 bits per heavy atom. The normalized spacial score (nSPS) is 21.2. The molecule has 0 N–H and O–H groups in total. The Hall–Kier alpha value is -1.64. The van der Waals surface area contributed by atoms with Gasteiger partial charge in [0.25, 0.3) is 0 Å². The van der Waals surface area contributed by atoms with Crippen LogP contribution in [-0.2, 0) is 4.79 Å². The molecule has 3 heteroatoms. The lowest BCUT2D eigenvalue weighted by Crippen LogP contribution is -2.23. The molecule has 0 saturated carbocycles. The van der Waals surface area contributed by atoms with Gasteiger partial charge in [0.1, 0.15) is 0 Å². The van der Waals surface area contributed by atoms with Crippen LogP contribution in [0.2, 0.25) is 0 Å². The quantitative estimate of drug-likeness (QED) is 0.640. The number of hydrogen-bond donors (Lipinski definition) is 0. The molecule has 2 rings (SSSR count). The summed E-state index contributed by atoms with van der Waals surface area (Å²) in [5.41, 5.74) is 1.05. The van der Waals surface area contributed by atoms with E-state index in [1.165, 1.54) is 0 Å². The number of likely N-dealkylation sites (N-methyl/N-ethyl adjacent to an activating group) is 1. The first kappa shape index (κ1) is 7.98. The van der Waals surface area contributed by atoms with Crippen molar-refractivity contribution in [1.82, 2.24) is 9.88 Å². The molecule has 1 aromatic heterocycles. The van der Waals surface area contributed by atoms with Gasteiger partial charge in [0.05, 0.1) is 6.04 Å². The van der Waals surface area contributed by atoms with Gasteiger partial charge in [-0.05, 0) is 11.6 Å². The Bertz CT molecular complexity index is 345. The Morgan fingerprint density at radius 2 is 2.38 bits per heavy atom. The highest BCUT2D eigenvalue weighted by Crippen LogP contribution is 2.24. The maximum Gasteiger partial charge on any atom is 0.246 e. The molecule has 1 amide bonds. The van der Waals surface area contributed by atoms with E-state index in [9.17, 15) is 4.79 Å². The van der Waals surface area contributed by atoms with Gasteiger partial charge < -0.3 is 4.90 Å². The van der Waals surface area contributed by atoms with Gasteiger partial charge in [0.2, 0.25) is 5.91 Å². The number of aromatic nitrogens is 1. The van der Waals surface area contributed by atoms with Crippen LogP contribution in [0.15, 0.2) is 36.7 Å². The molecule has 66 valence electrons. The van der Waals surface area contributed by atoms with Crippen LogP contribution in [0.3, 0.4) is 0 Å². The molecule has 13 heavy (non-hydrogen) atoms. The van der Waals surface area contributed by atoms with Crippen molar-refractivity contribution in [3.63, 3.8) is 0 Å². The van der Waals surface area contributed by atoms with Gasteiger partial charge in [-0.1, -0.05) is 12.1 Å². The van der Waals surface area contributed by atoms with Gasteiger partial charge in [-0.25, -0.2) is 0 Å². The standard InChI is InChI=1S/C10H10N2O/c1-12-9(4-5-10(12)13)8-3-2-6-11-7-8/h2-7,9H,1H3. The van der Waals surface area contributed by atoms with Crippen LogP contribution in [0.5, 0.6) is 0 Å². The molecule has 3 nitrogen and oxygen atoms in total. The molecule has 0 radical (unpaired) electrons. The van der Waals surface area contributed by atoms with E-state index in [-0.39, 0.29) is 11.9 Å². The van der Waals surface area contributed by atoms with Crippen molar-refractivity contribution in [3.05, 3.63) is 42.2 Å². The van der Waals surface area contributed by atoms with Crippen LogP contribution < -0.4 is 0 Å². The van der Waals surface area contributed by atoms with Crippen LogP contribution in [-0.4, -0.2) is 22.8 Å². The first-order valence-corrected chi connectivity index (χ1v) is 4.14. The fourth-order valence-corrected chi connectivity index (χ4v) is 1.44. The molecule has 1 aliphatic heterocycles. The van der Waals surface area contributed by atoms with Crippen molar-refractivity contribution in [2.24, 2.45) is 0 Å². The number of carbonyl (C=O) groups excluding carboxylic acids is 1. The van der Waals surface area contributed by atoms with Crippen molar-refractivity contribution in [2.75, 3.05) is 7.05 Å². The van der Waals surface area contributed by atoms with Crippen molar-refractivity contribution >= 4 is 5.91 Å². The maximum atomic E-state index is 11.2. The van der Waals surface area contributed by atoms with Gasteiger partial charge in [0.15, 0.2) is 0 Å². The van der Waals surface area contributed by atoms with Gasteiger partial charge in [0, 0.05) is 25.5 Å². The fourth-order valence-electron chi connectivity index (χ4n) is 1.44. The predicted molar refractivity (Wildman–Crippen MR) is 48.9 cm³/mol. The van der Waals surface area contributed by atoms with Crippen molar-refractivity contribution < 1.29 is 4.79 Å². The zero-order valence-corrected chi connectivity index (χ0v) is 7.34. The first-order valence-electron chi connectivity index (χ1n) is 4.14. The Morgan fingerprint density at radius 1 is 1.54 bits per heavy atom. The molecule has 1 aromatic rings. The number of pyridine rings is 1. The Labute approximate surface area is 76.7 Å². The van der Waals surface area contributed by atoms with Crippen LogP contribution >= 0.6 is 0 Å². The van der Waals surface area contributed by atoms with Gasteiger partial charge in [-0.15, -0.1) is 0 Å². The van der Waals surface area contributed by atoms with Crippen molar-refractivity contribution in [2.45, 2.75) is 6.04 Å². The molecule has 0 aliphatic carbocycles. The lowest BCUT2D eigenvalue weighted by Gasteiger charge is -2.19. The Balaban J connectivity index is 2.29. The lowest BCUT2D eigenvalue weighted by atomic mass is 10.1. The van der Waals surface area contributed by atoms with Gasteiger partial charge in [-0.2, -0.15) is 0 Å². The van der Waals surface area contributed by atoms with E-state index in [0.29, 0.717) is 0 Å². The molecular formula is C10H10N2O. The van der Waals surface area contributed by atoms with E-state index >= 15 is 0 Å². The van der Waals surface area contributed by atoms with E-state index in [1.807, 2.05) is 18.2 Å². The average Bonchev–Trinajstić information content (AvgIpc) is 2.49. The molecule has 0 fully saturated rings. The second-order valence-electron chi connectivity index (χ2n) is 3.04. The zero-order chi connectivity index (χ0) is 9.26. The Kier molecular flexibility index (Phi) is 1.85. The minimum atomic E-state index is 0.0499. The number of hydrogen-bond acceptors (Lipinski definition) is 2. The van der Waals surface area contributed by atoms with Crippen molar-refractivity contribution in [1.29, 1.82) is 0 Å². The summed E-state index contributed by atoms with van der Waals surface area (Å²) in [4.78, 5) is 16.9. The molecular weight excluding hydrogens is 164 g/mol. The summed E-state index contributed by atoms with van der Waals surface area (Å²) in [6.45, 7) is 0. The molecule has 0 saturated heterocycles. The third-order valence-electron chi connectivity index (χ3n) is 2.21. The fraction of sp³-hybridized carbons (Fsp3) is 0.200. The summed E-state index contributed by atoms with van der Waals surface area (Å²) in [5, 5.41) is 0. The summed E-state index contributed by atoms with van der Waals surface area (Å²) in [7, 11) is 1.79. The van der Waals surface area contributed by atoms with Crippen LogP contribution in [0.1, 0.15) is 11.6 Å². The van der Waals surface area contributed by atoms with Crippen LogP contribution in [0.25, 0.3) is 0 Å². The molecule has 0 bridgehead atoms. The molecule has 1 atom stereocenters. The zero-order valence-electron chi connectivity index (χ0n) is 7.34. The summed E-state index contributed by atoms with van der Waals surface area (Å²) in [6.07, 6.45) is 6.99. The van der Waals surface area contributed by atoms with Crippen LogP contribution in [0, 0.1) is 0 Å². The largest absolute Gasteiger partial charge is 0.332 e. The van der Waals surface area contributed by atoms with E-state index in [4.69, 9.17) is 0 Å². The highest BCUT2D eigenvalue weighted by molar-refractivity contribution is 5.90. The number of rotatable bonds is 1. The highest BCUT2D eigenvalue weighted by Gasteiger charge is 2.22. The molecule has 2 heterocycles. The molecule has 0 aromatic carbocycles.